The summed E-state index contributed by atoms with van der Waals surface area (Å²) in [5.41, 5.74) is 1.25. The lowest BCUT2D eigenvalue weighted by Crippen LogP contribution is -2.29. The first-order valence-corrected chi connectivity index (χ1v) is 6.62. The van der Waals surface area contributed by atoms with Gasteiger partial charge in [-0.1, -0.05) is 52.9 Å². The lowest BCUT2D eigenvalue weighted by Gasteiger charge is -2.27. The first kappa shape index (κ1) is 10.9. The Morgan fingerprint density at radius 1 is 1.33 bits per heavy atom. The zero-order valence-corrected chi connectivity index (χ0v) is 10.5. The summed E-state index contributed by atoms with van der Waals surface area (Å²) in [5, 5.41) is 0. The Hall–Kier alpha value is -0.580. The standard InChI is InChI=1S/C12H13IO2/c13-8-11-6-10(7-12(14)15-11)9-4-2-1-3-5-9/h1-5,10-11H,6-8H2/t10-,11+/m1/s1. The van der Waals surface area contributed by atoms with Gasteiger partial charge in [0.25, 0.3) is 0 Å². The van der Waals surface area contributed by atoms with Crippen LogP contribution in [-0.2, 0) is 9.53 Å². The lowest BCUT2D eigenvalue weighted by atomic mass is 9.89. The Labute approximate surface area is 103 Å². The smallest absolute Gasteiger partial charge is 0.306 e. The lowest BCUT2D eigenvalue weighted by molar-refractivity contribution is -0.153. The molecule has 0 aliphatic carbocycles. The van der Waals surface area contributed by atoms with Crippen LogP contribution in [-0.4, -0.2) is 16.5 Å². The van der Waals surface area contributed by atoms with Gasteiger partial charge in [0.1, 0.15) is 6.10 Å². The molecule has 0 aromatic heterocycles. The molecule has 2 nitrogen and oxygen atoms in total. The Balaban J connectivity index is 2.12. The van der Waals surface area contributed by atoms with E-state index < -0.39 is 0 Å². The zero-order valence-electron chi connectivity index (χ0n) is 8.36. The molecule has 0 amide bonds. The highest BCUT2D eigenvalue weighted by molar-refractivity contribution is 14.1. The van der Waals surface area contributed by atoms with Gasteiger partial charge in [-0.25, -0.2) is 0 Å². The minimum absolute atomic E-state index is 0.0585. The fraction of sp³-hybridized carbons (Fsp3) is 0.417. The van der Waals surface area contributed by atoms with Crippen molar-refractivity contribution in [2.45, 2.75) is 24.9 Å². The second kappa shape index (κ2) is 4.96. The third-order valence-electron chi connectivity index (χ3n) is 2.70. The van der Waals surface area contributed by atoms with Crippen LogP contribution < -0.4 is 0 Å². The molecule has 1 aromatic rings. The highest BCUT2D eigenvalue weighted by atomic mass is 127. The highest BCUT2D eigenvalue weighted by Crippen LogP contribution is 2.31. The second-order valence-electron chi connectivity index (χ2n) is 3.81. The molecule has 0 spiro atoms. The number of esters is 1. The maximum absolute atomic E-state index is 11.4. The molecular formula is C12H13IO2. The van der Waals surface area contributed by atoms with Crippen LogP contribution in [0.4, 0.5) is 0 Å². The van der Waals surface area contributed by atoms with E-state index >= 15 is 0 Å². The van der Waals surface area contributed by atoms with E-state index in [0.29, 0.717) is 12.3 Å². The maximum Gasteiger partial charge on any atom is 0.306 e. The number of ether oxygens (including phenoxy) is 1. The molecule has 1 fully saturated rings. The van der Waals surface area contributed by atoms with Crippen molar-refractivity contribution in [3.8, 4) is 0 Å². The molecule has 1 aliphatic rings. The van der Waals surface area contributed by atoms with Gasteiger partial charge < -0.3 is 4.74 Å². The van der Waals surface area contributed by atoms with Crippen molar-refractivity contribution < 1.29 is 9.53 Å². The highest BCUT2D eigenvalue weighted by Gasteiger charge is 2.28. The summed E-state index contributed by atoms with van der Waals surface area (Å²) in [4.78, 5) is 11.4. The van der Waals surface area contributed by atoms with Gasteiger partial charge in [-0.15, -0.1) is 0 Å². The molecule has 1 aromatic carbocycles. The SMILES string of the molecule is O=C1C[C@H](c2ccccc2)C[C@@H](CI)O1. The van der Waals surface area contributed by atoms with E-state index in [9.17, 15) is 4.79 Å². The first-order valence-electron chi connectivity index (χ1n) is 5.10. The van der Waals surface area contributed by atoms with Crippen molar-refractivity contribution >= 4 is 28.6 Å². The molecule has 1 heterocycles. The van der Waals surface area contributed by atoms with Crippen molar-refractivity contribution in [1.29, 1.82) is 0 Å². The number of hydrogen-bond acceptors (Lipinski definition) is 2. The van der Waals surface area contributed by atoms with Gasteiger partial charge in [0, 0.05) is 4.43 Å². The number of benzene rings is 1. The fourth-order valence-corrected chi connectivity index (χ4v) is 2.50. The van der Waals surface area contributed by atoms with Crippen LogP contribution in [0.15, 0.2) is 30.3 Å². The van der Waals surface area contributed by atoms with E-state index in [0.717, 1.165) is 10.8 Å². The van der Waals surface area contributed by atoms with Crippen LogP contribution in [0.25, 0.3) is 0 Å². The maximum atomic E-state index is 11.4. The molecule has 15 heavy (non-hydrogen) atoms. The largest absolute Gasteiger partial charge is 0.462 e. The molecule has 0 N–H and O–H groups in total. The number of alkyl halides is 1. The van der Waals surface area contributed by atoms with E-state index in [1.165, 1.54) is 5.56 Å². The third kappa shape index (κ3) is 2.71. The number of hydrogen-bond donors (Lipinski definition) is 0. The topological polar surface area (TPSA) is 26.3 Å². The summed E-state index contributed by atoms with van der Waals surface area (Å²) >= 11 is 2.27. The minimum atomic E-state index is -0.0585. The van der Waals surface area contributed by atoms with Crippen molar-refractivity contribution in [2.75, 3.05) is 4.43 Å². The Morgan fingerprint density at radius 3 is 2.73 bits per heavy atom. The number of cyclic esters (lactones) is 1. The van der Waals surface area contributed by atoms with Gasteiger partial charge in [-0.3, -0.25) is 4.79 Å². The van der Waals surface area contributed by atoms with Gasteiger partial charge in [0.15, 0.2) is 0 Å². The van der Waals surface area contributed by atoms with Crippen molar-refractivity contribution in [3.05, 3.63) is 35.9 Å². The normalized spacial score (nSPS) is 26.1. The fourth-order valence-electron chi connectivity index (χ4n) is 1.96. The average molecular weight is 316 g/mol. The van der Waals surface area contributed by atoms with E-state index in [-0.39, 0.29) is 12.1 Å². The van der Waals surface area contributed by atoms with Crippen LogP contribution in [0.1, 0.15) is 24.3 Å². The first-order chi connectivity index (χ1) is 7.29. The average Bonchev–Trinajstić information content (AvgIpc) is 2.29. The second-order valence-corrected chi connectivity index (χ2v) is 4.69. The molecule has 3 heteroatoms. The number of halogens is 1. The molecule has 1 aliphatic heterocycles. The minimum Gasteiger partial charge on any atom is -0.462 e. The van der Waals surface area contributed by atoms with Crippen molar-refractivity contribution in [2.24, 2.45) is 0 Å². The van der Waals surface area contributed by atoms with Crippen LogP contribution in [0.2, 0.25) is 0 Å². The molecular weight excluding hydrogens is 303 g/mol. The summed E-state index contributed by atoms with van der Waals surface area (Å²) in [6.07, 6.45) is 1.58. The Morgan fingerprint density at radius 2 is 2.07 bits per heavy atom. The van der Waals surface area contributed by atoms with Gasteiger partial charge >= 0.3 is 5.97 Å². The van der Waals surface area contributed by atoms with Gasteiger partial charge in [0.2, 0.25) is 0 Å². The zero-order chi connectivity index (χ0) is 10.7. The Bertz CT molecular complexity index is 337. The Kier molecular flexibility index (Phi) is 3.61. The van der Waals surface area contributed by atoms with E-state index in [4.69, 9.17) is 4.74 Å². The number of carbonyl (C=O) groups is 1. The number of rotatable bonds is 2. The molecule has 80 valence electrons. The molecule has 1 saturated heterocycles. The molecule has 0 saturated carbocycles. The van der Waals surface area contributed by atoms with Crippen LogP contribution in [0.3, 0.4) is 0 Å². The van der Waals surface area contributed by atoms with Gasteiger partial charge in [-0.05, 0) is 17.9 Å². The molecule has 0 unspecified atom stereocenters. The third-order valence-corrected chi connectivity index (χ3v) is 3.68. The molecule has 2 rings (SSSR count). The number of carbonyl (C=O) groups excluding carboxylic acids is 1. The van der Waals surface area contributed by atoms with E-state index in [1.807, 2.05) is 18.2 Å². The summed E-state index contributed by atoms with van der Waals surface area (Å²) in [6, 6.07) is 10.2. The summed E-state index contributed by atoms with van der Waals surface area (Å²) in [5.74, 6) is 0.281. The summed E-state index contributed by atoms with van der Waals surface area (Å²) in [6.45, 7) is 0. The van der Waals surface area contributed by atoms with Crippen molar-refractivity contribution in [1.82, 2.24) is 0 Å². The van der Waals surface area contributed by atoms with Crippen LogP contribution in [0.5, 0.6) is 0 Å². The van der Waals surface area contributed by atoms with Gasteiger partial charge in [0.05, 0.1) is 6.42 Å². The van der Waals surface area contributed by atoms with Crippen LogP contribution >= 0.6 is 22.6 Å². The quantitative estimate of drug-likeness (QED) is 0.476. The summed E-state index contributed by atoms with van der Waals surface area (Å²) in [7, 11) is 0. The summed E-state index contributed by atoms with van der Waals surface area (Å²) < 4.78 is 6.12. The predicted octanol–water partition coefficient (Wildman–Crippen LogP) is 2.91. The van der Waals surface area contributed by atoms with Crippen LogP contribution in [0, 0.1) is 0 Å². The molecule has 2 atom stereocenters. The van der Waals surface area contributed by atoms with E-state index in [2.05, 4.69) is 34.7 Å². The predicted molar refractivity (Wildman–Crippen MR) is 67.2 cm³/mol. The van der Waals surface area contributed by atoms with E-state index in [1.54, 1.807) is 0 Å². The molecule has 0 bridgehead atoms. The monoisotopic (exact) mass is 316 g/mol. The molecule has 0 radical (unpaired) electrons. The van der Waals surface area contributed by atoms with Crippen molar-refractivity contribution in [3.63, 3.8) is 0 Å². The van der Waals surface area contributed by atoms with Gasteiger partial charge in [-0.2, -0.15) is 0 Å².